The molecule has 1 aliphatic rings. The zero-order chi connectivity index (χ0) is 16.7. The SMILES string of the molecule is NC(=O)[C@H]1C[C@@H](O)CN1c1ccc(C(F)(F)F)cc1[N+](=O)[O-]. The number of hydrogen-bond donors (Lipinski definition) is 2. The molecule has 2 atom stereocenters. The molecule has 0 bridgehead atoms. The molecule has 0 radical (unpaired) electrons. The van der Waals surface area contributed by atoms with Crippen LogP contribution in [0.4, 0.5) is 24.5 Å². The summed E-state index contributed by atoms with van der Waals surface area (Å²) in [6.45, 7) is -0.125. The average Bonchev–Trinajstić information content (AvgIpc) is 2.79. The van der Waals surface area contributed by atoms with Crippen molar-refractivity contribution in [2.24, 2.45) is 5.73 Å². The Labute approximate surface area is 122 Å². The molecule has 0 aromatic heterocycles. The van der Waals surface area contributed by atoms with E-state index in [4.69, 9.17) is 5.73 Å². The molecule has 1 amide bonds. The normalized spacial score (nSPS) is 21.9. The largest absolute Gasteiger partial charge is 0.416 e. The van der Waals surface area contributed by atoms with E-state index < -0.39 is 40.4 Å². The van der Waals surface area contributed by atoms with E-state index in [1.807, 2.05) is 0 Å². The summed E-state index contributed by atoms with van der Waals surface area (Å²) in [5, 5.41) is 20.6. The molecule has 7 nitrogen and oxygen atoms in total. The molecule has 1 heterocycles. The molecule has 0 aliphatic carbocycles. The number of halogens is 3. The number of nitro benzene ring substituents is 1. The summed E-state index contributed by atoms with van der Waals surface area (Å²) < 4.78 is 38.0. The van der Waals surface area contributed by atoms with Crippen LogP contribution in [0.3, 0.4) is 0 Å². The van der Waals surface area contributed by atoms with Gasteiger partial charge in [0, 0.05) is 19.0 Å². The molecule has 10 heteroatoms. The number of carbonyl (C=O) groups is 1. The van der Waals surface area contributed by atoms with E-state index in [1.54, 1.807) is 0 Å². The summed E-state index contributed by atoms with van der Waals surface area (Å²) in [7, 11) is 0. The van der Waals surface area contributed by atoms with E-state index in [2.05, 4.69) is 0 Å². The molecule has 0 saturated carbocycles. The number of nitrogens with zero attached hydrogens (tertiary/aromatic N) is 2. The quantitative estimate of drug-likeness (QED) is 0.639. The number of amides is 1. The van der Waals surface area contributed by atoms with Gasteiger partial charge in [0.25, 0.3) is 5.69 Å². The fourth-order valence-corrected chi connectivity index (χ4v) is 2.44. The smallest absolute Gasteiger partial charge is 0.391 e. The number of nitrogens with two attached hydrogens (primary N) is 1. The Morgan fingerprint density at radius 3 is 2.59 bits per heavy atom. The van der Waals surface area contributed by atoms with Gasteiger partial charge in [-0.3, -0.25) is 14.9 Å². The molecule has 120 valence electrons. The number of aliphatic hydroxyl groups is 1. The first kappa shape index (κ1) is 16.0. The zero-order valence-electron chi connectivity index (χ0n) is 11.1. The first-order valence-electron chi connectivity index (χ1n) is 6.21. The number of aliphatic hydroxyl groups excluding tert-OH is 1. The van der Waals surface area contributed by atoms with Crippen LogP contribution < -0.4 is 10.6 Å². The number of primary amides is 1. The van der Waals surface area contributed by atoms with Crippen molar-refractivity contribution in [3.8, 4) is 0 Å². The Morgan fingerprint density at radius 1 is 1.45 bits per heavy atom. The fourth-order valence-electron chi connectivity index (χ4n) is 2.44. The second kappa shape index (κ2) is 5.44. The number of β-amino-alcohol motifs (C(OH)–C–C–N with tert-alkyl or cyclic N) is 1. The van der Waals surface area contributed by atoms with Crippen molar-refractivity contribution in [2.45, 2.75) is 24.7 Å². The standard InChI is InChI=1S/C12H12F3N3O4/c13-12(14,15)6-1-2-8(9(3-6)18(21)22)17-5-7(19)4-10(17)11(16)20/h1-3,7,10,19H,4-5H2,(H2,16,20)/t7-,10-/m1/s1. The van der Waals surface area contributed by atoms with Gasteiger partial charge in [0.1, 0.15) is 11.7 Å². The molecule has 0 unspecified atom stereocenters. The highest BCUT2D eigenvalue weighted by Crippen LogP contribution is 2.38. The molecule has 22 heavy (non-hydrogen) atoms. The number of alkyl halides is 3. The highest BCUT2D eigenvalue weighted by atomic mass is 19.4. The lowest BCUT2D eigenvalue weighted by Crippen LogP contribution is -2.40. The minimum absolute atomic E-state index is 0.0342. The Bertz CT molecular complexity index is 620. The van der Waals surface area contributed by atoms with Gasteiger partial charge in [-0.2, -0.15) is 13.2 Å². The van der Waals surface area contributed by atoms with Gasteiger partial charge in [-0.1, -0.05) is 0 Å². The van der Waals surface area contributed by atoms with Gasteiger partial charge >= 0.3 is 6.18 Å². The zero-order valence-corrected chi connectivity index (χ0v) is 11.1. The van der Waals surface area contributed by atoms with Crippen LogP contribution in [-0.4, -0.2) is 34.6 Å². The van der Waals surface area contributed by atoms with Gasteiger partial charge in [-0.05, 0) is 12.1 Å². The van der Waals surface area contributed by atoms with E-state index >= 15 is 0 Å². The molecular weight excluding hydrogens is 307 g/mol. The third kappa shape index (κ3) is 2.96. The third-order valence-electron chi connectivity index (χ3n) is 3.42. The van der Waals surface area contributed by atoms with E-state index in [0.29, 0.717) is 12.1 Å². The van der Waals surface area contributed by atoms with Gasteiger partial charge in [0.15, 0.2) is 0 Å². The van der Waals surface area contributed by atoms with E-state index in [1.165, 1.54) is 0 Å². The van der Waals surface area contributed by atoms with Crippen LogP contribution >= 0.6 is 0 Å². The topological polar surface area (TPSA) is 110 Å². The molecule has 1 aliphatic heterocycles. The van der Waals surface area contributed by atoms with Crippen molar-refractivity contribution in [1.82, 2.24) is 0 Å². The second-order valence-electron chi connectivity index (χ2n) is 4.92. The fraction of sp³-hybridized carbons (Fsp3) is 0.417. The molecule has 3 N–H and O–H groups in total. The van der Waals surface area contributed by atoms with Crippen LogP contribution in [-0.2, 0) is 11.0 Å². The molecule has 1 fully saturated rings. The summed E-state index contributed by atoms with van der Waals surface area (Å²) in [6, 6.07) is 0.989. The summed E-state index contributed by atoms with van der Waals surface area (Å²) >= 11 is 0. The maximum Gasteiger partial charge on any atom is 0.416 e. The van der Waals surface area contributed by atoms with Crippen LogP contribution in [0.25, 0.3) is 0 Å². The Kier molecular flexibility index (Phi) is 3.96. The third-order valence-corrected chi connectivity index (χ3v) is 3.42. The van der Waals surface area contributed by atoms with Crippen LogP contribution in [0.5, 0.6) is 0 Å². The van der Waals surface area contributed by atoms with Crippen molar-refractivity contribution >= 4 is 17.3 Å². The number of rotatable bonds is 3. The number of anilines is 1. The summed E-state index contributed by atoms with van der Waals surface area (Å²) in [5.74, 6) is -0.814. The lowest BCUT2D eigenvalue weighted by atomic mass is 10.1. The van der Waals surface area contributed by atoms with Crippen molar-refractivity contribution in [3.05, 3.63) is 33.9 Å². The maximum absolute atomic E-state index is 12.7. The van der Waals surface area contributed by atoms with Crippen molar-refractivity contribution in [2.75, 3.05) is 11.4 Å². The summed E-state index contributed by atoms with van der Waals surface area (Å²) in [4.78, 5) is 22.6. The predicted molar refractivity (Wildman–Crippen MR) is 69.1 cm³/mol. The first-order chi connectivity index (χ1) is 10.1. The molecule has 1 aromatic rings. The molecule has 1 aromatic carbocycles. The van der Waals surface area contributed by atoms with Crippen LogP contribution in [0.2, 0.25) is 0 Å². The highest BCUT2D eigenvalue weighted by Gasteiger charge is 2.39. The summed E-state index contributed by atoms with van der Waals surface area (Å²) in [6.07, 6.45) is -5.70. The number of nitro groups is 1. The van der Waals surface area contributed by atoms with Crippen LogP contribution in [0.1, 0.15) is 12.0 Å². The van der Waals surface area contributed by atoms with Crippen molar-refractivity contribution < 1.29 is 28.0 Å². The average molecular weight is 319 g/mol. The van der Waals surface area contributed by atoms with Crippen LogP contribution in [0, 0.1) is 10.1 Å². The van der Waals surface area contributed by atoms with E-state index in [9.17, 15) is 33.2 Å². The lowest BCUT2D eigenvalue weighted by Gasteiger charge is -2.24. The minimum atomic E-state index is -4.73. The lowest BCUT2D eigenvalue weighted by molar-refractivity contribution is -0.384. The Hall–Kier alpha value is -2.36. The molecule has 1 saturated heterocycles. The molecule has 0 spiro atoms. The van der Waals surface area contributed by atoms with Crippen LogP contribution in [0.15, 0.2) is 18.2 Å². The number of carbonyl (C=O) groups excluding carboxylic acids is 1. The highest BCUT2D eigenvalue weighted by molar-refractivity contribution is 5.85. The van der Waals surface area contributed by atoms with Crippen molar-refractivity contribution in [1.29, 1.82) is 0 Å². The Morgan fingerprint density at radius 2 is 2.09 bits per heavy atom. The van der Waals surface area contributed by atoms with E-state index in [-0.39, 0.29) is 18.7 Å². The van der Waals surface area contributed by atoms with Gasteiger partial charge in [0.05, 0.1) is 16.6 Å². The molecular formula is C12H12F3N3O4. The Balaban J connectivity index is 2.51. The van der Waals surface area contributed by atoms with Gasteiger partial charge < -0.3 is 15.7 Å². The van der Waals surface area contributed by atoms with Gasteiger partial charge in [-0.25, -0.2) is 0 Å². The molecule has 2 rings (SSSR count). The maximum atomic E-state index is 12.7. The van der Waals surface area contributed by atoms with Gasteiger partial charge in [-0.15, -0.1) is 0 Å². The summed E-state index contributed by atoms with van der Waals surface area (Å²) in [5.41, 5.74) is 3.03. The number of hydrogen-bond acceptors (Lipinski definition) is 5. The minimum Gasteiger partial charge on any atom is -0.391 e. The van der Waals surface area contributed by atoms with E-state index in [0.717, 1.165) is 11.0 Å². The second-order valence-corrected chi connectivity index (χ2v) is 4.92. The van der Waals surface area contributed by atoms with Crippen molar-refractivity contribution in [3.63, 3.8) is 0 Å². The van der Waals surface area contributed by atoms with Gasteiger partial charge in [0.2, 0.25) is 5.91 Å². The monoisotopic (exact) mass is 319 g/mol. The predicted octanol–water partition coefficient (Wildman–Crippen LogP) is 1.04. The number of benzene rings is 1. The first-order valence-corrected chi connectivity index (χ1v) is 6.21.